The number of rotatable bonds is 13. The van der Waals surface area contributed by atoms with Crippen LogP contribution in [0.25, 0.3) is 0 Å². The second kappa shape index (κ2) is 13.1. The van der Waals surface area contributed by atoms with Crippen LogP contribution in [0.5, 0.6) is 0 Å². The highest BCUT2D eigenvalue weighted by atomic mass is 16.3. The predicted octanol–water partition coefficient (Wildman–Crippen LogP) is 4.78. The minimum Gasteiger partial charge on any atom is -0.390 e. The zero-order valence-corrected chi connectivity index (χ0v) is 16.3. The van der Waals surface area contributed by atoms with Crippen molar-refractivity contribution in [2.75, 3.05) is 0 Å². The molecule has 1 aliphatic carbocycles. The molecule has 0 saturated heterocycles. The molecule has 1 rings (SSSR count). The number of aliphatic hydroxyl groups excluding tert-OH is 2. The predicted molar refractivity (Wildman–Crippen MR) is 103 cm³/mol. The van der Waals surface area contributed by atoms with E-state index in [1.807, 2.05) is 0 Å². The summed E-state index contributed by atoms with van der Waals surface area (Å²) in [5.41, 5.74) is 6.03. The van der Waals surface area contributed by atoms with Gasteiger partial charge < -0.3 is 15.9 Å². The maximum Gasteiger partial charge on any atom is 0.0949 e. The zero-order chi connectivity index (χ0) is 17.8. The van der Waals surface area contributed by atoms with Gasteiger partial charge in [-0.3, -0.25) is 0 Å². The summed E-state index contributed by atoms with van der Waals surface area (Å²) < 4.78 is 0. The molecule has 0 heterocycles. The Labute approximate surface area is 150 Å². The first-order chi connectivity index (χ1) is 11.5. The number of hydrogen-bond donors (Lipinski definition) is 3. The summed E-state index contributed by atoms with van der Waals surface area (Å²) in [6, 6.07) is -0.287. The minimum absolute atomic E-state index is 0.287. The normalized spacial score (nSPS) is 20.2. The summed E-state index contributed by atoms with van der Waals surface area (Å²) in [4.78, 5) is 0. The third-order valence-corrected chi connectivity index (χ3v) is 5.67. The fourth-order valence-electron chi connectivity index (χ4n) is 4.07. The second-order valence-corrected chi connectivity index (χ2v) is 8.55. The number of aliphatic hydroxyl groups is 2. The Morgan fingerprint density at radius 1 is 0.875 bits per heavy atom. The van der Waals surface area contributed by atoms with Gasteiger partial charge in [-0.05, 0) is 24.7 Å². The van der Waals surface area contributed by atoms with Crippen molar-refractivity contribution in [2.24, 2.45) is 17.6 Å². The Bertz CT molecular complexity index is 290. The van der Waals surface area contributed by atoms with Crippen LogP contribution in [-0.4, -0.2) is 28.5 Å². The van der Waals surface area contributed by atoms with E-state index in [1.54, 1.807) is 0 Å². The van der Waals surface area contributed by atoms with Crippen LogP contribution < -0.4 is 5.73 Å². The fourth-order valence-corrected chi connectivity index (χ4v) is 4.07. The average Bonchev–Trinajstić information content (AvgIpc) is 2.56. The van der Waals surface area contributed by atoms with Crippen LogP contribution >= 0.6 is 0 Å². The summed E-state index contributed by atoms with van der Waals surface area (Å²) in [6.07, 6.45) is 16.4. The highest BCUT2D eigenvalue weighted by Gasteiger charge is 2.23. The standard InChI is InChI=1S/C21H43NO2/c1-17(2)16-20(23)21(24)19(22)15-11-6-4-3-5-8-12-18-13-9-7-10-14-18/h17-21,23-24H,3-16,22H2,1-2H3/t19-,20-,21+/m0/s1. The number of nitrogens with two attached hydrogens (primary N) is 1. The SMILES string of the molecule is CC(C)C[C@H](O)[C@H](O)[C@@H](N)CCCCCCCCC1CCCCC1. The molecule has 0 aromatic heterocycles. The molecule has 0 aliphatic heterocycles. The van der Waals surface area contributed by atoms with Crippen LogP contribution in [0.4, 0.5) is 0 Å². The van der Waals surface area contributed by atoms with E-state index in [0.29, 0.717) is 12.3 Å². The average molecular weight is 342 g/mol. The second-order valence-electron chi connectivity index (χ2n) is 8.55. The van der Waals surface area contributed by atoms with Crippen molar-refractivity contribution in [1.82, 2.24) is 0 Å². The molecule has 144 valence electrons. The van der Waals surface area contributed by atoms with Crippen molar-refractivity contribution in [3.05, 3.63) is 0 Å². The third-order valence-electron chi connectivity index (χ3n) is 5.67. The van der Waals surface area contributed by atoms with Crippen molar-refractivity contribution >= 4 is 0 Å². The molecule has 0 aromatic carbocycles. The fraction of sp³-hybridized carbons (Fsp3) is 1.00. The van der Waals surface area contributed by atoms with Crippen LogP contribution in [0.15, 0.2) is 0 Å². The third kappa shape index (κ3) is 10.0. The molecule has 1 saturated carbocycles. The Kier molecular flexibility index (Phi) is 12.0. The van der Waals surface area contributed by atoms with Gasteiger partial charge in [0.2, 0.25) is 0 Å². The number of unbranched alkanes of at least 4 members (excludes halogenated alkanes) is 5. The van der Waals surface area contributed by atoms with Crippen LogP contribution in [0.1, 0.15) is 104 Å². The van der Waals surface area contributed by atoms with Crippen molar-refractivity contribution in [3.8, 4) is 0 Å². The lowest BCUT2D eigenvalue weighted by Crippen LogP contribution is -2.43. The molecule has 24 heavy (non-hydrogen) atoms. The quantitative estimate of drug-likeness (QED) is 0.422. The minimum atomic E-state index is -0.775. The van der Waals surface area contributed by atoms with E-state index < -0.39 is 12.2 Å². The summed E-state index contributed by atoms with van der Waals surface area (Å²) in [6.45, 7) is 4.10. The number of hydrogen-bond acceptors (Lipinski definition) is 3. The maximum atomic E-state index is 10.1. The smallest absolute Gasteiger partial charge is 0.0949 e. The topological polar surface area (TPSA) is 66.5 Å². The summed E-state index contributed by atoms with van der Waals surface area (Å²) in [7, 11) is 0. The molecule has 1 fully saturated rings. The van der Waals surface area contributed by atoms with Crippen molar-refractivity contribution in [3.63, 3.8) is 0 Å². The first kappa shape index (κ1) is 21.9. The summed E-state index contributed by atoms with van der Waals surface area (Å²) in [5, 5.41) is 20.0. The first-order valence-corrected chi connectivity index (χ1v) is 10.6. The Hall–Kier alpha value is -0.120. The zero-order valence-electron chi connectivity index (χ0n) is 16.3. The molecule has 0 radical (unpaired) electrons. The molecular weight excluding hydrogens is 298 g/mol. The highest BCUT2D eigenvalue weighted by Crippen LogP contribution is 2.28. The molecule has 0 spiro atoms. The summed E-state index contributed by atoms with van der Waals surface area (Å²) >= 11 is 0. The van der Waals surface area contributed by atoms with Gasteiger partial charge >= 0.3 is 0 Å². The molecule has 3 heteroatoms. The van der Waals surface area contributed by atoms with E-state index in [4.69, 9.17) is 5.73 Å². The van der Waals surface area contributed by atoms with Gasteiger partial charge in [-0.1, -0.05) is 90.9 Å². The monoisotopic (exact) mass is 341 g/mol. The molecule has 0 amide bonds. The lowest BCUT2D eigenvalue weighted by molar-refractivity contribution is -0.00845. The van der Waals surface area contributed by atoms with E-state index in [2.05, 4.69) is 13.8 Å². The van der Waals surface area contributed by atoms with Gasteiger partial charge in [0.1, 0.15) is 0 Å². The summed E-state index contributed by atoms with van der Waals surface area (Å²) in [5.74, 6) is 1.41. The van der Waals surface area contributed by atoms with Crippen molar-refractivity contribution < 1.29 is 10.2 Å². The van der Waals surface area contributed by atoms with E-state index in [9.17, 15) is 10.2 Å². The highest BCUT2D eigenvalue weighted by molar-refractivity contribution is 4.79. The lowest BCUT2D eigenvalue weighted by Gasteiger charge is -2.25. The molecule has 1 aliphatic rings. The molecular formula is C21H43NO2. The Balaban J connectivity index is 1.93. The van der Waals surface area contributed by atoms with Gasteiger partial charge in [-0.2, -0.15) is 0 Å². The molecule has 3 atom stereocenters. The molecule has 3 nitrogen and oxygen atoms in total. The van der Waals surface area contributed by atoms with Gasteiger partial charge in [-0.15, -0.1) is 0 Å². The Morgan fingerprint density at radius 2 is 1.46 bits per heavy atom. The van der Waals surface area contributed by atoms with E-state index in [1.165, 1.54) is 70.6 Å². The van der Waals surface area contributed by atoms with Crippen LogP contribution in [0.2, 0.25) is 0 Å². The van der Waals surface area contributed by atoms with Gasteiger partial charge in [0, 0.05) is 6.04 Å². The van der Waals surface area contributed by atoms with Crippen LogP contribution in [0, 0.1) is 11.8 Å². The van der Waals surface area contributed by atoms with Crippen molar-refractivity contribution in [2.45, 2.75) is 122 Å². The molecule has 4 N–H and O–H groups in total. The van der Waals surface area contributed by atoms with Gasteiger partial charge in [-0.25, -0.2) is 0 Å². The van der Waals surface area contributed by atoms with E-state index in [0.717, 1.165) is 18.8 Å². The van der Waals surface area contributed by atoms with Gasteiger partial charge in [0.05, 0.1) is 12.2 Å². The lowest BCUT2D eigenvalue weighted by atomic mass is 9.85. The first-order valence-electron chi connectivity index (χ1n) is 10.6. The van der Waals surface area contributed by atoms with Crippen molar-refractivity contribution in [1.29, 1.82) is 0 Å². The van der Waals surface area contributed by atoms with E-state index >= 15 is 0 Å². The maximum absolute atomic E-state index is 10.1. The van der Waals surface area contributed by atoms with Crippen LogP contribution in [0.3, 0.4) is 0 Å². The molecule has 0 unspecified atom stereocenters. The largest absolute Gasteiger partial charge is 0.390 e. The molecule has 0 aromatic rings. The van der Waals surface area contributed by atoms with Gasteiger partial charge in [0.15, 0.2) is 0 Å². The van der Waals surface area contributed by atoms with Crippen LogP contribution in [-0.2, 0) is 0 Å². The van der Waals surface area contributed by atoms with E-state index in [-0.39, 0.29) is 6.04 Å². The Morgan fingerprint density at radius 3 is 2.08 bits per heavy atom. The molecule has 0 bridgehead atoms. The van der Waals surface area contributed by atoms with Gasteiger partial charge in [0.25, 0.3) is 0 Å².